The molecule has 0 saturated heterocycles. The smallest absolute Gasteiger partial charge is 0.0704 e. The van der Waals surface area contributed by atoms with Gasteiger partial charge in [0, 0.05) is 0 Å². The molecule has 0 heteroatoms. The van der Waals surface area contributed by atoms with Gasteiger partial charge in [0.15, 0.2) is 0 Å². The minimum absolute atomic E-state index is 0.383. The van der Waals surface area contributed by atoms with E-state index >= 15 is 0 Å². The zero-order chi connectivity index (χ0) is 27.9. The number of hydrogen-bond donors (Lipinski definition) is 0. The zero-order valence-electron chi connectivity index (χ0n) is 24.4. The van der Waals surface area contributed by atoms with Crippen LogP contribution >= 0.6 is 0 Å². The van der Waals surface area contributed by atoms with Gasteiger partial charge in [-0.05, 0) is 61.1 Å². The average molecular weight is 473 g/mol. The van der Waals surface area contributed by atoms with Gasteiger partial charge in [0.25, 0.3) is 0 Å². The van der Waals surface area contributed by atoms with Gasteiger partial charge in [0.1, 0.15) is 0 Å². The summed E-state index contributed by atoms with van der Waals surface area (Å²) < 4.78 is 0. The Balaban J connectivity index is -0.000000671. The lowest BCUT2D eigenvalue weighted by Gasteiger charge is -2.34. The summed E-state index contributed by atoms with van der Waals surface area (Å²) in [5.41, 5.74) is 6.80. The summed E-state index contributed by atoms with van der Waals surface area (Å²) in [6.07, 6.45) is 11.7. The molecule has 2 aromatic rings. The molecule has 0 nitrogen and oxygen atoms in total. The van der Waals surface area contributed by atoms with E-state index in [1.807, 2.05) is 86.6 Å². The van der Waals surface area contributed by atoms with Gasteiger partial charge >= 0.3 is 0 Å². The highest BCUT2D eigenvalue weighted by Gasteiger charge is 2.45. The summed E-state index contributed by atoms with van der Waals surface area (Å²) in [6.45, 7) is 35.7. The maximum Gasteiger partial charge on any atom is 0.0704 e. The van der Waals surface area contributed by atoms with Gasteiger partial charge in [0.2, 0.25) is 0 Å². The Bertz CT molecular complexity index is 869. The van der Waals surface area contributed by atoms with Crippen molar-refractivity contribution in [2.75, 3.05) is 0 Å². The fourth-order valence-electron chi connectivity index (χ4n) is 3.72. The van der Waals surface area contributed by atoms with Crippen molar-refractivity contribution in [3.05, 3.63) is 134 Å². The highest BCUT2D eigenvalue weighted by molar-refractivity contribution is 5.86. The van der Waals surface area contributed by atoms with Crippen molar-refractivity contribution < 1.29 is 0 Å². The van der Waals surface area contributed by atoms with Crippen molar-refractivity contribution in [1.82, 2.24) is 0 Å². The molecular weight excluding hydrogens is 420 g/mol. The van der Waals surface area contributed by atoms with E-state index in [0.717, 1.165) is 11.1 Å². The van der Waals surface area contributed by atoms with Crippen LogP contribution in [-0.2, 0) is 5.41 Å². The number of benzene rings is 2. The van der Waals surface area contributed by atoms with E-state index in [2.05, 4.69) is 87.8 Å². The lowest BCUT2D eigenvalue weighted by molar-refractivity contribution is 0.768. The van der Waals surface area contributed by atoms with Gasteiger partial charge < -0.3 is 0 Å². The first-order chi connectivity index (χ1) is 17.0. The van der Waals surface area contributed by atoms with E-state index < -0.39 is 0 Å². The molecule has 0 aliphatic heterocycles. The SMILES string of the molecule is C/C=C\C.C=CC.C=CC(=C)C1(/C(C=C)=C/C)c2ccccc2-c2ccccc21.CC.CC.CC. The molecule has 0 unspecified atom stereocenters. The average Bonchev–Trinajstić information content (AvgIpc) is 3.24. The number of allylic oxidation sites excluding steroid dienone is 8. The Morgan fingerprint density at radius 3 is 1.23 bits per heavy atom. The maximum absolute atomic E-state index is 4.34. The molecule has 0 fully saturated rings. The third-order valence-corrected chi connectivity index (χ3v) is 4.98. The van der Waals surface area contributed by atoms with Crippen LogP contribution in [0.15, 0.2) is 122 Å². The molecule has 0 spiro atoms. The molecule has 1 aliphatic rings. The van der Waals surface area contributed by atoms with E-state index in [-0.39, 0.29) is 5.41 Å². The van der Waals surface area contributed by atoms with Crippen molar-refractivity contribution in [3.63, 3.8) is 0 Å². The van der Waals surface area contributed by atoms with E-state index in [4.69, 9.17) is 0 Å². The van der Waals surface area contributed by atoms with Gasteiger partial charge in [-0.2, -0.15) is 0 Å². The lowest BCUT2D eigenvalue weighted by Crippen LogP contribution is -2.28. The summed E-state index contributed by atoms with van der Waals surface area (Å²) in [4.78, 5) is 0. The summed E-state index contributed by atoms with van der Waals surface area (Å²) in [7, 11) is 0. The highest BCUT2D eigenvalue weighted by atomic mass is 14.5. The molecule has 2 aromatic carbocycles. The van der Waals surface area contributed by atoms with Gasteiger partial charge in [-0.15, -0.1) is 6.58 Å². The monoisotopic (exact) mass is 472 g/mol. The quantitative estimate of drug-likeness (QED) is 0.306. The van der Waals surface area contributed by atoms with Gasteiger partial charge in [0.05, 0.1) is 5.41 Å². The van der Waals surface area contributed by atoms with Crippen molar-refractivity contribution in [2.45, 2.75) is 74.7 Å². The van der Waals surface area contributed by atoms with Crippen LogP contribution in [0.2, 0.25) is 0 Å². The molecule has 0 radical (unpaired) electrons. The molecule has 1 aliphatic carbocycles. The summed E-state index contributed by atoms with van der Waals surface area (Å²) in [5.74, 6) is 0. The van der Waals surface area contributed by atoms with E-state index in [1.165, 1.54) is 22.3 Å². The molecule has 0 saturated carbocycles. The van der Waals surface area contributed by atoms with Crippen LogP contribution in [0.5, 0.6) is 0 Å². The van der Waals surface area contributed by atoms with Crippen LogP contribution in [0.3, 0.4) is 0 Å². The molecule has 0 N–H and O–H groups in total. The second-order valence-corrected chi connectivity index (χ2v) is 6.59. The normalized spacial score (nSPS) is 11.3. The first-order valence-corrected chi connectivity index (χ1v) is 13.0. The Labute approximate surface area is 219 Å². The molecule has 0 amide bonds. The predicted molar refractivity (Wildman–Crippen MR) is 166 cm³/mol. The third kappa shape index (κ3) is 8.87. The first-order valence-electron chi connectivity index (χ1n) is 13.0. The second-order valence-electron chi connectivity index (χ2n) is 6.59. The third-order valence-electron chi connectivity index (χ3n) is 4.98. The standard InChI is InChI=1S/C22H20.C4H8.C3H6.3C2H6/c1-5-16(4)22(17(6-2)7-3)20-14-10-8-12-18(20)19-13-9-11-15-21(19)22;1-3-4-2;1-3-2;3*1-2/h5-15H,1-2,4H2,3H3;3-4H,1-2H3;3H,1H2,2H3;3*1-2H3/b17-7+;4-3-;;;;. The van der Waals surface area contributed by atoms with Crippen LogP contribution in [0.25, 0.3) is 11.1 Å². The van der Waals surface area contributed by atoms with Crippen LogP contribution in [0, 0.1) is 0 Å². The van der Waals surface area contributed by atoms with E-state index in [1.54, 1.807) is 6.08 Å². The van der Waals surface area contributed by atoms with Crippen LogP contribution in [-0.4, -0.2) is 0 Å². The molecule has 3 rings (SSSR count). The highest BCUT2D eigenvalue weighted by Crippen LogP contribution is 2.56. The Morgan fingerprint density at radius 2 is 0.971 bits per heavy atom. The van der Waals surface area contributed by atoms with E-state index in [9.17, 15) is 0 Å². The van der Waals surface area contributed by atoms with Gasteiger partial charge in [-0.25, -0.2) is 0 Å². The van der Waals surface area contributed by atoms with Gasteiger partial charge in [-0.1, -0.05) is 146 Å². The summed E-state index contributed by atoms with van der Waals surface area (Å²) in [5, 5.41) is 0. The molecule has 0 atom stereocenters. The maximum atomic E-state index is 4.34. The fraction of sp³-hybridized carbons (Fsp3) is 0.314. The first kappa shape index (κ1) is 36.4. The zero-order valence-corrected chi connectivity index (χ0v) is 24.4. The lowest BCUT2D eigenvalue weighted by atomic mass is 9.67. The van der Waals surface area contributed by atoms with Crippen molar-refractivity contribution in [3.8, 4) is 11.1 Å². The molecule has 0 heterocycles. The second kappa shape index (κ2) is 22.7. The minimum atomic E-state index is -0.383. The number of hydrogen-bond acceptors (Lipinski definition) is 0. The van der Waals surface area contributed by atoms with Crippen molar-refractivity contribution >= 4 is 0 Å². The Kier molecular flexibility index (Phi) is 23.6. The predicted octanol–water partition coefficient (Wildman–Crippen LogP) is 11.7. The molecular formula is C35H52. The Morgan fingerprint density at radius 1 is 0.629 bits per heavy atom. The fourth-order valence-corrected chi connectivity index (χ4v) is 3.72. The summed E-state index contributed by atoms with van der Waals surface area (Å²) in [6, 6.07) is 17.1. The molecule has 192 valence electrons. The van der Waals surface area contributed by atoms with Gasteiger partial charge in [-0.3, -0.25) is 0 Å². The topological polar surface area (TPSA) is 0 Å². The molecule has 0 bridgehead atoms. The van der Waals surface area contributed by atoms with Crippen molar-refractivity contribution in [1.29, 1.82) is 0 Å². The Hall–Kier alpha value is -3.12. The van der Waals surface area contributed by atoms with Crippen LogP contribution in [0.4, 0.5) is 0 Å². The van der Waals surface area contributed by atoms with Crippen molar-refractivity contribution in [2.24, 2.45) is 0 Å². The molecule has 0 aromatic heterocycles. The van der Waals surface area contributed by atoms with Crippen LogP contribution < -0.4 is 0 Å². The van der Waals surface area contributed by atoms with Crippen LogP contribution in [0.1, 0.15) is 80.4 Å². The largest absolute Gasteiger partial charge is 0.103 e. The minimum Gasteiger partial charge on any atom is -0.103 e. The number of fused-ring (bicyclic) bond motifs is 3. The van der Waals surface area contributed by atoms with E-state index in [0.29, 0.717) is 0 Å². The molecule has 35 heavy (non-hydrogen) atoms. The summed E-state index contributed by atoms with van der Waals surface area (Å²) >= 11 is 0. The number of rotatable bonds is 4.